The summed E-state index contributed by atoms with van der Waals surface area (Å²) in [5.41, 5.74) is 1.07. The monoisotopic (exact) mass is 710 g/mol. The molecule has 0 spiro atoms. The van der Waals surface area contributed by atoms with Gasteiger partial charge < -0.3 is 33.5 Å². The van der Waals surface area contributed by atoms with Gasteiger partial charge in [-0.25, -0.2) is 29.1 Å². The number of carboxylic acid groups (broad SMARTS) is 1. The number of nitrogens with zero attached hydrogens (tertiary/aromatic N) is 6. The highest BCUT2D eigenvalue weighted by Crippen LogP contribution is 2.47. The summed E-state index contributed by atoms with van der Waals surface area (Å²) in [5, 5.41) is 11.3. The number of piperidine rings is 1. The van der Waals surface area contributed by atoms with E-state index in [1.807, 2.05) is 30.3 Å². The molecule has 1 amide bonds. The van der Waals surface area contributed by atoms with Crippen LogP contribution in [0.3, 0.4) is 0 Å². The Morgan fingerprint density at radius 1 is 1.10 bits per heavy atom. The second-order valence-electron chi connectivity index (χ2n) is 13.7. The highest BCUT2D eigenvalue weighted by molar-refractivity contribution is 6.06. The molecular formula is C38H39FN6O7. The van der Waals surface area contributed by atoms with E-state index >= 15 is 4.39 Å². The zero-order chi connectivity index (χ0) is 36.0. The van der Waals surface area contributed by atoms with Crippen molar-refractivity contribution >= 4 is 39.8 Å². The zero-order valence-electron chi connectivity index (χ0n) is 29.0. The van der Waals surface area contributed by atoms with Crippen molar-refractivity contribution in [1.29, 1.82) is 0 Å². The number of methoxy groups -OCH3 is 1. The van der Waals surface area contributed by atoms with Crippen LogP contribution < -0.4 is 14.4 Å². The van der Waals surface area contributed by atoms with Crippen LogP contribution >= 0.6 is 0 Å². The SMILES string of the molecule is COc1ncccc1-c1cnc2c(c1)[C@@]1(F)CCN(C[C@@H]1C)C(=O)CCCOCCc1nc(c3oc4ccccc4c3n1)N1C[C@H](C[C@H]1C(=O)O)O2. The van der Waals surface area contributed by atoms with Crippen LogP contribution in [0.15, 0.2) is 59.3 Å². The van der Waals surface area contributed by atoms with Gasteiger partial charge in [-0.2, -0.15) is 0 Å². The molecule has 52 heavy (non-hydrogen) atoms. The number of benzene rings is 1. The third-order valence-corrected chi connectivity index (χ3v) is 10.4. The maximum Gasteiger partial charge on any atom is 0.326 e. The molecular weight excluding hydrogens is 671 g/mol. The average Bonchev–Trinajstić information content (AvgIpc) is 3.75. The molecule has 4 aromatic heterocycles. The number of carbonyl (C=O) groups is 2. The van der Waals surface area contributed by atoms with Gasteiger partial charge in [0.05, 0.1) is 25.8 Å². The topological polar surface area (TPSA) is 153 Å². The molecule has 5 aromatic rings. The summed E-state index contributed by atoms with van der Waals surface area (Å²) < 4.78 is 41.9. The summed E-state index contributed by atoms with van der Waals surface area (Å²) in [7, 11) is 1.52. The molecule has 0 radical (unpaired) electrons. The Labute approximate surface area is 298 Å². The number of hydrogen-bond donors (Lipinski definition) is 1. The molecule has 6 bridgehead atoms. The van der Waals surface area contributed by atoms with Gasteiger partial charge in [-0.05, 0) is 36.8 Å². The van der Waals surface area contributed by atoms with Crippen molar-refractivity contribution in [1.82, 2.24) is 24.8 Å². The number of amides is 1. The number of hydrogen-bond acceptors (Lipinski definition) is 11. The van der Waals surface area contributed by atoms with E-state index in [0.29, 0.717) is 71.4 Å². The van der Waals surface area contributed by atoms with Crippen LogP contribution in [0.4, 0.5) is 10.2 Å². The van der Waals surface area contributed by atoms with Crippen LogP contribution in [-0.2, 0) is 26.4 Å². The first-order valence-corrected chi connectivity index (χ1v) is 17.6. The molecule has 0 unspecified atom stereocenters. The van der Waals surface area contributed by atoms with Gasteiger partial charge in [0, 0.05) is 80.2 Å². The second kappa shape index (κ2) is 13.6. The Balaban J connectivity index is 1.24. The van der Waals surface area contributed by atoms with Crippen molar-refractivity contribution < 1.29 is 37.7 Å². The Kier molecular flexibility index (Phi) is 8.85. The van der Waals surface area contributed by atoms with Crippen LogP contribution in [0.1, 0.15) is 44.0 Å². The minimum Gasteiger partial charge on any atom is -0.481 e. The molecule has 4 atom stereocenters. The normalized spacial score (nSPS) is 24.1. The number of carbonyl (C=O) groups excluding carboxylic acids is 1. The average molecular weight is 711 g/mol. The summed E-state index contributed by atoms with van der Waals surface area (Å²) >= 11 is 0. The smallest absolute Gasteiger partial charge is 0.326 e. The number of anilines is 1. The third kappa shape index (κ3) is 6.04. The Morgan fingerprint density at radius 3 is 2.79 bits per heavy atom. The molecule has 0 aliphatic carbocycles. The predicted octanol–water partition coefficient (Wildman–Crippen LogP) is 5.34. The van der Waals surface area contributed by atoms with Crippen LogP contribution in [-0.4, -0.2) is 93.9 Å². The summed E-state index contributed by atoms with van der Waals surface area (Å²) in [4.78, 5) is 48.1. The lowest BCUT2D eigenvalue weighted by molar-refractivity contribution is -0.139. The van der Waals surface area contributed by atoms with Gasteiger partial charge in [-0.15, -0.1) is 0 Å². The first kappa shape index (κ1) is 33.8. The fourth-order valence-corrected chi connectivity index (χ4v) is 7.69. The summed E-state index contributed by atoms with van der Waals surface area (Å²) in [5.74, 6) is -0.474. The van der Waals surface area contributed by atoms with E-state index in [9.17, 15) is 14.7 Å². The van der Waals surface area contributed by atoms with Crippen LogP contribution in [0.25, 0.3) is 33.2 Å². The maximum absolute atomic E-state index is 17.7. The van der Waals surface area contributed by atoms with Gasteiger partial charge in [-0.1, -0.05) is 19.1 Å². The fourth-order valence-electron chi connectivity index (χ4n) is 7.69. The molecule has 4 aliphatic heterocycles. The van der Waals surface area contributed by atoms with Gasteiger partial charge in [0.1, 0.15) is 34.7 Å². The number of aromatic nitrogens is 4. The predicted molar refractivity (Wildman–Crippen MR) is 188 cm³/mol. The Bertz CT molecular complexity index is 2160. The largest absolute Gasteiger partial charge is 0.481 e. The lowest BCUT2D eigenvalue weighted by Gasteiger charge is -2.42. The molecule has 14 heteroatoms. The van der Waals surface area contributed by atoms with Crippen molar-refractivity contribution in [3.8, 4) is 22.9 Å². The summed E-state index contributed by atoms with van der Waals surface area (Å²) in [6.07, 6.45) is 3.76. The molecule has 9 rings (SSSR count). The van der Waals surface area contributed by atoms with Crippen molar-refractivity contribution in [3.05, 3.63) is 66.2 Å². The lowest BCUT2D eigenvalue weighted by atomic mass is 9.78. The van der Waals surface area contributed by atoms with E-state index in [4.69, 9.17) is 28.6 Å². The molecule has 270 valence electrons. The zero-order valence-corrected chi connectivity index (χ0v) is 29.0. The molecule has 1 N–H and O–H groups in total. The Hall–Kier alpha value is -5.37. The molecule has 2 saturated heterocycles. The number of ether oxygens (including phenoxy) is 3. The minimum absolute atomic E-state index is 0.0321. The number of furan rings is 1. The first-order chi connectivity index (χ1) is 25.2. The van der Waals surface area contributed by atoms with Crippen molar-refractivity contribution in [2.75, 3.05) is 44.9 Å². The number of pyridine rings is 2. The van der Waals surface area contributed by atoms with E-state index in [-0.39, 0.29) is 56.2 Å². The van der Waals surface area contributed by atoms with Gasteiger partial charge in [0.15, 0.2) is 11.4 Å². The number of halogens is 1. The molecule has 1 aromatic carbocycles. The number of aliphatic carboxylic acids is 1. The van der Waals surface area contributed by atoms with Crippen molar-refractivity contribution in [2.45, 2.75) is 56.8 Å². The molecule has 2 fully saturated rings. The van der Waals surface area contributed by atoms with Gasteiger partial charge in [0.25, 0.3) is 0 Å². The number of fused-ring (bicyclic) bond motifs is 11. The molecule has 13 nitrogen and oxygen atoms in total. The first-order valence-electron chi connectivity index (χ1n) is 17.6. The van der Waals surface area contributed by atoms with E-state index in [2.05, 4.69) is 9.97 Å². The minimum atomic E-state index is -1.92. The second-order valence-corrected chi connectivity index (χ2v) is 13.7. The van der Waals surface area contributed by atoms with E-state index in [0.717, 1.165) is 5.39 Å². The quantitative estimate of drug-likeness (QED) is 0.257. The van der Waals surface area contributed by atoms with Gasteiger partial charge in [-0.3, -0.25) is 4.79 Å². The van der Waals surface area contributed by atoms with E-state index < -0.39 is 29.7 Å². The van der Waals surface area contributed by atoms with E-state index in [1.54, 1.807) is 41.2 Å². The van der Waals surface area contributed by atoms with Crippen molar-refractivity contribution in [3.63, 3.8) is 0 Å². The number of para-hydroxylation sites is 1. The third-order valence-electron chi connectivity index (χ3n) is 10.4. The van der Waals surface area contributed by atoms with Gasteiger partial charge in [0.2, 0.25) is 17.7 Å². The number of rotatable bonds is 3. The molecule has 4 aliphatic rings. The Morgan fingerprint density at radius 2 is 1.96 bits per heavy atom. The maximum atomic E-state index is 17.7. The highest BCUT2D eigenvalue weighted by atomic mass is 19.1. The summed E-state index contributed by atoms with van der Waals surface area (Å²) in [6, 6.07) is 11.8. The lowest BCUT2D eigenvalue weighted by Crippen LogP contribution is -2.49. The highest BCUT2D eigenvalue weighted by Gasteiger charge is 2.47. The van der Waals surface area contributed by atoms with Crippen molar-refractivity contribution in [2.24, 2.45) is 5.92 Å². The van der Waals surface area contributed by atoms with Crippen LogP contribution in [0.2, 0.25) is 0 Å². The molecule has 8 heterocycles. The number of carboxylic acids is 1. The van der Waals surface area contributed by atoms with Gasteiger partial charge >= 0.3 is 5.97 Å². The molecule has 0 saturated carbocycles. The summed E-state index contributed by atoms with van der Waals surface area (Å²) in [6.45, 7) is 3.01. The van der Waals surface area contributed by atoms with Crippen LogP contribution in [0, 0.1) is 5.92 Å². The fraction of sp³-hybridized carbons (Fsp3) is 0.421. The standard InChI is InChI=1S/C38H39FN6O7/c1-22-20-44-14-12-38(22,39)27-17-23(25-8-5-13-40-35(25)49-2)19-41-36(27)51-24-18-28(37(47)48)45(21-24)34-33-32(26-7-3-4-9-29(26)52-33)42-30(43-34)11-16-50-15-6-10-31(44)46/h3-5,7-9,13,17,19,22,24,28H,6,10-12,14-16,18,20-21H2,1-2H3,(H,47,48)/t22-,24-,28-,38+/m0/s1. The van der Waals surface area contributed by atoms with Crippen LogP contribution in [0.5, 0.6) is 11.8 Å². The number of alkyl halides is 1. The van der Waals surface area contributed by atoms with E-state index in [1.165, 1.54) is 7.11 Å².